The van der Waals surface area contributed by atoms with Crippen molar-refractivity contribution >= 4 is 41.5 Å². The zero-order valence-electron chi connectivity index (χ0n) is 19.5. The van der Waals surface area contributed by atoms with E-state index < -0.39 is 24.3 Å². The quantitative estimate of drug-likeness (QED) is 0.427. The Morgan fingerprint density at radius 2 is 1.80 bits per heavy atom. The van der Waals surface area contributed by atoms with E-state index >= 15 is 0 Å². The molecule has 0 aromatic heterocycles. The maximum Gasteiger partial charge on any atom is 0.416 e. The number of benzene rings is 2. The van der Waals surface area contributed by atoms with Gasteiger partial charge in [-0.3, -0.25) is 9.59 Å². The summed E-state index contributed by atoms with van der Waals surface area (Å²) in [6.07, 6.45) is -4.52. The monoisotopic (exact) mass is 537 g/mol. The summed E-state index contributed by atoms with van der Waals surface area (Å²) in [5, 5.41) is 5.40. The first-order valence-corrected chi connectivity index (χ1v) is 10.9. The van der Waals surface area contributed by atoms with Gasteiger partial charge in [-0.25, -0.2) is 0 Å². The Balaban J connectivity index is 0.00000612. The summed E-state index contributed by atoms with van der Waals surface area (Å²) in [6.45, 7) is 6.38. The molecule has 0 fully saturated rings. The van der Waals surface area contributed by atoms with Crippen LogP contribution in [0.4, 0.5) is 18.9 Å². The number of ether oxygens (including phenoxy) is 2. The molecule has 0 aliphatic rings. The number of nitrogens with one attached hydrogen (secondary N) is 2. The second-order valence-electron chi connectivity index (χ2n) is 7.18. The van der Waals surface area contributed by atoms with E-state index in [1.807, 2.05) is 13.8 Å². The van der Waals surface area contributed by atoms with Crippen molar-refractivity contribution in [2.24, 2.45) is 0 Å². The number of hydrogen-bond donors (Lipinski definition) is 2. The number of carbonyl (C=O) groups excluding carboxylic acids is 2. The van der Waals surface area contributed by atoms with Gasteiger partial charge in [0.15, 0.2) is 6.61 Å². The highest BCUT2D eigenvalue weighted by Gasteiger charge is 2.30. The highest BCUT2D eigenvalue weighted by Crippen LogP contribution is 2.32. The fourth-order valence-electron chi connectivity index (χ4n) is 3.06. The summed E-state index contributed by atoms with van der Waals surface area (Å²) in [7, 11) is 1.37. The van der Waals surface area contributed by atoms with E-state index in [1.54, 1.807) is 0 Å². The summed E-state index contributed by atoms with van der Waals surface area (Å²) >= 11 is 6.24. The molecule has 0 bridgehead atoms. The van der Waals surface area contributed by atoms with Crippen molar-refractivity contribution in [2.45, 2.75) is 20.0 Å². The Labute approximate surface area is 213 Å². The van der Waals surface area contributed by atoms with E-state index in [-0.39, 0.29) is 46.1 Å². The number of anilines is 1. The number of hydrogen-bond acceptors (Lipinski definition) is 5. The van der Waals surface area contributed by atoms with Crippen LogP contribution in [0.1, 0.15) is 29.8 Å². The van der Waals surface area contributed by atoms with Gasteiger partial charge >= 0.3 is 6.18 Å². The van der Waals surface area contributed by atoms with Gasteiger partial charge in [0.1, 0.15) is 11.5 Å². The standard InChI is InChI=1S/C23H27ClF3N3O4.ClH/c1-4-30(5-2)10-9-28-22(32)17-12-18(24)19(13-20(17)33-3)29-21(31)14-34-16-8-6-7-15(11-16)23(25,26)27;/h6-8,11-13H,4-5,9-10,14H2,1-3H3,(H,28,32)(H,29,31);1H. The van der Waals surface area contributed by atoms with E-state index in [2.05, 4.69) is 15.5 Å². The summed E-state index contributed by atoms with van der Waals surface area (Å²) < 4.78 is 48.8. The second kappa shape index (κ2) is 14.0. The number of likely N-dealkylation sites (N-methyl/N-ethyl adjacent to an activating group) is 1. The molecule has 2 N–H and O–H groups in total. The Bertz CT molecular complexity index is 1000. The van der Waals surface area contributed by atoms with Crippen LogP contribution in [-0.4, -0.2) is 56.6 Å². The van der Waals surface area contributed by atoms with Crippen molar-refractivity contribution in [3.63, 3.8) is 0 Å². The maximum atomic E-state index is 12.8. The number of alkyl halides is 3. The lowest BCUT2D eigenvalue weighted by molar-refractivity contribution is -0.137. The third-order valence-electron chi connectivity index (χ3n) is 4.95. The van der Waals surface area contributed by atoms with Gasteiger partial charge in [0.2, 0.25) is 0 Å². The maximum absolute atomic E-state index is 12.8. The van der Waals surface area contributed by atoms with Gasteiger partial charge < -0.3 is 25.0 Å². The van der Waals surface area contributed by atoms with Crippen LogP contribution in [-0.2, 0) is 11.0 Å². The van der Waals surface area contributed by atoms with Gasteiger partial charge in [-0.15, -0.1) is 12.4 Å². The molecule has 0 spiro atoms. The number of rotatable bonds is 11. The van der Waals surface area contributed by atoms with Crippen LogP contribution in [0.15, 0.2) is 36.4 Å². The van der Waals surface area contributed by atoms with Crippen molar-refractivity contribution in [3.8, 4) is 11.5 Å². The normalized spacial score (nSPS) is 11.0. The number of halogens is 5. The highest BCUT2D eigenvalue weighted by molar-refractivity contribution is 6.34. The lowest BCUT2D eigenvalue weighted by atomic mass is 10.1. The van der Waals surface area contributed by atoms with E-state index in [0.717, 1.165) is 25.2 Å². The average molecular weight is 538 g/mol. The first kappa shape index (κ1) is 30.3. The van der Waals surface area contributed by atoms with Gasteiger partial charge in [0, 0.05) is 19.2 Å². The molecule has 2 aromatic rings. The molecule has 2 rings (SSSR count). The number of methoxy groups -OCH3 is 1. The van der Waals surface area contributed by atoms with Crippen LogP contribution in [0, 0.1) is 0 Å². The molecule has 2 aromatic carbocycles. The van der Waals surface area contributed by atoms with Gasteiger partial charge in [-0.1, -0.05) is 31.5 Å². The zero-order valence-corrected chi connectivity index (χ0v) is 21.1. The predicted molar refractivity (Wildman–Crippen MR) is 131 cm³/mol. The molecule has 12 heteroatoms. The van der Waals surface area contributed by atoms with E-state index in [0.29, 0.717) is 13.1 Å². The number of carbonyl (C=O) groups is 2. The van der Waals surface area contributed by atoms with Crippen molar-refractivity contribution in [1.82, 2.24) is 10.2 Å². The lowest BCUT2D eigenvalue weighted by Crippen LogP contribution is -2.35. The minimum atomic E-state index is -4.52. The molecule has 0 atom stereocenters. The Morgan fingerprint density at radius 1 is 1.11 bits per heavy atom. The molecule has 194 valence electrons. The third-order valence-corrected chi connectivity index (χ3v) is 5.26. The first-order valence-electron chi connectivity index (χ1n) is 10.6. The molecule has 35 heavy (non-hydrogen) atoms. The van der Waals surface area contributed by atoms with Crippen molar-refractivity contribution in [2.75, 3.05) is 45.2 Å². The molecule has 0 aliphatic carbocycles. The molecule has 0 radical (unpaired) electrons. The minimum absolute atomic E-state index is 0. The fraction of sp³-hybridized carbons (Fsp3) is 0.391. The fourth-order valence-corrected chi connectivity index (χ4v) is 3.27. The summed E-state index contributed by atoms with van der Waals surface area (Å²) in [4.78, 5) is 27.0. The molecule has 2 amide bonds. The molecular formula is C23H28Cl2F3N3O4. The second-order valence-corrected chi connectivity index (χ2v) is 7.58. The van der Waals surface area contributed by atoms with Gasteiger partial charge in [0.05, 0.1) is 28.9 Å². The van der Waals surface area contributed by atoms with E-state index in [4.69, 9.17) is 21.1 Å². The molecule has 0 unspecified atom stereocenters. The Kier molecular flexibility index (Phi) is 12.1. The predicted octanol–water partition coefficient (Wildman–Crippen LogP) is 4.88. The first-order chi connectivity index (χ1) is 16.1. The van der Waals surface area contributed by atoms with E-state index in [1.165, 1.54) is 31.4 Å². The summed E-state index contributed by atoms with van der Waals surface area (Å²) in [5.41, 5.74) is -0.523. The van der Waals surface area contributed by atoms with Crippen molar-refractivity contribution in [3.05, 3.63) is 52.5 Å². The molecule has 7 nitrogen and oxygen atoms in total. The van der Waals surface area contributed by atoms with Gasteiger partial charge in [-0.05, 0) is 37.4 Å². The van der Waals surface area contributed by atoms with Crippen molar-refractivity contribution < 1.29 is 32.2 Å². The average Bonchev–Trinajstić information content (AvgIpc) is 2.81. The van der Waals surface area contributed by atoms with Crippen LogP contribution >= 0.6 is 24.0 Å². The van der Waals surface area contributed by atoms with Gasteiger partial charge in [-0.2, -0.15) is 13.2 Å². The molecule has 0 aliphatic heterocycles. The molecular weight excluding hydrogens is 510 g/mol. The van der Waals surface area contributed by atoms with Crippen LogP contribution in [0.25, 0.3) is 0 Å². The lowest BCUT2D eigenvalue weighted by Gasteiger charge is -2.18. The SMILES string of the molecule is CCN(CC)CCNC(=O)c1cc(Cl)c(NC(=O)COc2cccc(C(F)(F)F)c2)cc1OC.Cl. The molecule has 0 saturated heterocycles. The number of amides is 2. The van der Waals surface area contributed by atoms with Crippen LogP contribution in [0.2, 0.25) is 5.02 Å². The van der Waals surface area contributed by atoms with Crippen LogP contribution in [0.5, 0.6) is 11.5 Å². The topological polar surface area (TPSA) is 79.9 Å². The zero-order chi connectivity index (χ0) is 25.3. The minimum Gasteiger partial charge on any atom is -0.496 e. The summed E-state index contributed by atoms with van der Waals surface area (Å²) in [6, 6.07) is 6.97. The van der Waals surface area contributed by atoms with Gasteiger partial charge in [0.25, 0.3) is 11.8 Å². The van der Waals surface area contributed by atoms with E-state index in [9.17, 15) is 22.8 Å². The van der Waals surface area contributed by atoms with Crippen molar-refractivity contribution in [1.29, 1.82) is 0 Å². The smallest absolute Gasteiger partial charge is 0.416 e. The number of nitrogens with zero attached hydrogens (tertiary/aromatic N) is 1. The third kappa shape index (κ3) is 9.12. The summed E-state index contributed by atoms with van der Waals surface area (Å²) in [5.74, 6) is -0.946. The Morgan fingerprint density at radius 3 is 2.40 bits per heavy atom. The molecule has 0 saturated carbocycles. The van der Waals surface area contributed by atoms with Crippen LogP contribution < -0.4 is 20.1 Å². The Hall–Kier alpha value is -2.69. The highest BCUT2D eigenvalue weighted by atomic mass is 35.5. The largest absolute Gasteiger partial charge is 0.496 e. The van der Waals surface area contributed by atoms with Crippen LogP contribution in [0.3, 0.4) is 0 Å². The molecule has 0 heterocycles.